The first-order chi connectivity index (χ1) is 11.0. The number of rotatable bonds is 6. The number of ether oxygens (including phenoxy) is 2. The van der Waals surface area contributed by atoms with Gasteiger partial charge in [-0.3, -0.25) is 4.79 Å². The molecule has 23 heavy (non-hydrogen) atoms. The summed E-state index contributed by atoms with van der Waals surface area (Å²) < 4.78 is 10.4. The number of anilines is 2. The maximum atomic E-state index is 12.3. The average Bonchev–Trinajstić information content (AvgIpc) is 2.56. The lowest BCUT2D eigenvalue weighted by Crippen LogP contribution is -2.22. The number of nitrogens with one attached hydrogen (secondary N) is 1. The number of hydrogen-bond acceptors (Lipinski definition) is 5. The van der Waals surface area contributed by atoms with Gasteiger partial charge >= 0.3 is 0 Å². The van der Waals surface area contributed by atoms with Crippen LogP contribution in [0.25, 0.3) is 0 Å². The van der Waals surface area contributed by atoms with E-state index in [-0.39, 0.29) is 11.2 Å². The van der Waals surface area contributed by atoms with E-state index in [0.717, 1.165) is 4.90 Å². The zero-order chi connectivity index (χ0) is 16.8. The fourth-order valence-electron chi connectivity index (χ4n) is 1.93. The molecule has 1 amide bonds. The molecule has 0 aliphatic carbocycles. The smallest absolute Gasteiger partial charge is 0.237 e. The van der Waals surface area contributed by atoms with E-state index in [4.69, 9.17) is 15.2 Å². The van der Waals surface area contributed by atoms with Crippen LogP contribution in [0, 0.1) is 0 Å². The van der Waals surface area contributed by atoms with Crippen molar-refractivity contribution in [2.24, 2.45) is 0 Å². The molecule has 1 unspecified atom stereocenters. The van der Waals surface area contributed by atoms with E-state index in [1.165, 1.54) is 11.8 Å². The number of benzene rings is 2. The molecule has 0 bridgehead atoms. The summed E-state index contributed by atoms with van der Waals surface area (Å²) in [6.07, 6.45) is 0. The molecule has 0 heterocycles. The third kappa shape index (κ3) is 4.82. The van der Waals surface area contributed by atoms with Crippen LogP contribution in [0.3, 0.4) is 0 Å². The van der Waals surface area contributed by atoms with E-state index in [1.54, 1.807) is 32.4 Å². The monoisotopic (exact) mass is 332 g/mol. The number of nitrogens with two attached hydrogens (primary N) is 1. The van der Waals surface area contributed by atoms with E-state index in [9.17, 15) is 4.79 Å². The van der Waals surface area contributed by atoms with E-state index in [1.807, 2.05) is 31.2 Å². The minimum absolute atomic E-state index is 0.0952. The Morgan fingerprint density at radius 3 is 2.17 bits per heavy atom. The lowest BCUT2D eigenvalue weighted by Gasteiger charge is -2.14. The Kier molecular flexibility index (Phi) is 5.76. The van der Waals surface area contributed by atoms with Gasteiger partial charge in [0, 0.05) is 34.5 Å². The fraction of sp³-hybridized carbons (Fsp3) is 0.235. The number of hydrogen-bond donors (Lipinski definition) is 2. The molecular weight excluding hydrogens is 312 g/mol. The highest BCUT2D eigenvalue weighted by Crippen LogP contribution is 2.28. The Balaban J connectivity index is 2.04. The van der Waals surface area contributed by atoms with Gasteiger partial charge in [-0.25, -0.2) is 0 Å². The Bertz CT molecular complexity index is 652. The van der Waals surface area contributed by atoms with Crippen molar-refractivity contribution < 1.29 is 14.3 Å². The quantitative estimate of drug-likeness (QED) is 0.626. The molecule has 2 rings (SSSR count). The summed E-state index contributed by atoms with van der Waals surface area (Å²) in [4.78, 5) is 13.3. The zero-order valence-corrected chi connectivity index (χ0v) is 14.1. The van der Waals surface area contributed by atoms with E-state index in [0.29, 0.717) is 22.9 Å². The van der Waals surface area contributed by atoms with Crippen molar-refractivity contribution in [1.82, 2.24) is 0 Å². The van der Waals surface area contributed by atoms with E-state index < -0.39 is 0 Å². The normalized spacial score (nSPS) is 11.6. The molecule has 0 aromatic heterocycles. The van der Waals surface area contributed by atoms with E-state index in [2.05, 4.69) is 5.32 Å². The van der Waals surface area contributed by atoms with E-state index >= 15 is 0 Å². The van der Waals surface area contributed by atoms with Crippen LogP contribution in [-0.4, -0.2) is 25.4 Å². The lowest BCUT2D eigenvalue weighted by molar-refractivity contribution is -0.115. The largest absolute Gasteiger partial charge is 0.497 e. The van der Waals surface area contributed by atoms with Crippen molar-refractivity contribution >= 4 is 29.0 Å². The second-order valence-electron chi connectivity index (χ2n) is 4.92. The third-order valence-corrected chi connectivity index (χ3v) is 4.29. The molecule has 0 aliphatic heterocycles. The standard InChI is InChI=1S/C17H20N2O3S/c1-11(23-16-6-4-12(18)5-7-16)17(20)19-13-8-14(21-2)10-15(9-13)22-3/h4-11H,18H2,1-3H3,(H,19,20). The van der Waals surface area contributed by atoms with Crippen molar-refractivity contribution in [3.05, 3.63) is 42.5 Å². The molecule has 0 aliphatic rings. The molecule has 3 N–H and O–H groups in total. The van der Waals surface area contributed by atoms with Gasteiger partial charge in [-0.05, 0) is 31.2 Å². The second kappa shape index (κ2) is 7.78. The first-order valence-corrected chi connectivity index (χ1v) is 7.96. The Hall–Kier alpha value is -2.34. The Morgan fingerprint density at radius 2 is 1.65 bits per heavy atom. The molecule has 0 spiro atoms. The maximum Gasteiger partial charge on any atom is 0.237 e. The summed E-state index contributed by atoms with van der Waals surface area (Å²) >= 11 is 1.47. The highest BCUT2D eigenvalue weighted by atomic mass is 32.2. The minimum Gasteiger partial charge on any atom is -0.497 e. The van der Waals surface area contributed by atoms with Gasteiger partial charge in [-0.1, -0.05) is 0 Å². The summed E-state index contributed by atoms with van der Waals surface area (Å²) in [6, 6.07) is 12.7. The molecule has 6 heteroatoms. The third-order valence-electron chi connectivity index (χ3n) is 3.18. The molecule has 122 valence electrons. The fourth-order valence-corrected chi connectivity index (χ4v) is 2.79. The molecule has 0 saturated carbocycles. The van der Waals surface area contributed by atoms with Crippen molar-refractivity contribution in [1.29, 1.82) is 0 Å². The van der Waals surface area contributed by atoms with Gasteiger partial charge in [0.1, 0.15) is 11.5 Å². The number of nitrogen functional groups attached to an aromatic ring is 1. The minimum atomic E-state index is -0.254. The maximum absolute atomic E-state index is 12.3. The van der Waals surface area contributed by atoms with Gasteiger partial charge in [-0.15, -0.1) is 11.8 Å². The van der Waals surface area contributed by atoms with Crippen LogP contribution in [0.1, 0.15) is 6.92 Å². The number of carbonyl (C=O) groups is 1. The van der Waals surface area contributed by atoms with Crippen LogP contribution in [-0.2, 0) is 4.79 Å². The molecule has 2 aromatic rings. The molecular formula is C17H20N2O3S. The van der Waals surface area contributed by atoms with Gasteiger partial charge in [0.15, 0.2) is 0 Å². The summed E-state index contributed by atoms with van der Waals surface area (Å²) in [7, 11) is 3.14. The Labute approximate surface area is 140 Å². The highest BCUT2D eigenvalue weighted by molar-refractivity contribution is 8.00. The SMILES string of the molecule is COc1cc(NC(=O)C(C)Sc2ccc(N)cc2)cc(OC)c1. The van der Waals surface area contributed by atoms with Crippen molar-refractivity contribution in [2.75, 3.05) is 25.3 Å². The molecule has 0 fully saturated rings. The first-order valence-electron chi connectivity index (χ1n) is 7.08. The van der Waals surface area contributed by atoms with Gasteiger partial charge < -0.3 is 20.5 Å². The Morgan fingerprint density at radius 1 is 1.09 bits per heavy atom. The van der Waals surface area contributed by atoms with Crippen molar-refractivity contribution in [3.8, 4) is 11.5 Å². The number of carbonyl (C=O) groups excluding carboxylic acids is 1. The summed E-state index contributed by atoms with van der Waals surface area (Å²) in [6.45, 7) is 1.85. The average molecular weight is 332 g/mol. The zero-order valence-electron chi connectivity index (χ0n) is 13.3. The topological polar surface area (TPSA) is 73.6 Å². The number of methoxy groups -OCH3 is 2. The lowest BCUT2D eigenvalue weighted by atomic mass is 10.2. The van der Waals surface area contributed by atoms with Crippen LogP contribution in [0.4, 0.5) is 11.4 Å². The molecule has 0 radical (unpaired) electrons. The second-order valence-corrected chi connectivity index (χ2v) is 6.33. The van der Waals surface area contributed by atoms with Crippen LogP contribution in [0.5, 0.6) is 11.5 Å². The summed E-state index contributed by atoms with van der Waals surface area (Å²) in [5, 5.41) is 2.62. The van der Waals surface area contributed by atoms with Crippen molar-refractivity contribution in [3.63, 3.8) is 0 Å². The van der Waals surface area contributed by atoms with Crippen molar-refractivity contribution in [2.45, 2.75) is 17.1 Å². The highest BCUT2D eigenvalue weighted by Gasteiger charge is 2.15. The summed E-state index contributed by atoms with van der Waals surface area (Å²) in [5.41, 5.74) is 7.00. The molecule has 5 nitrogen and oxygen atoms in total. The molecule has 0 saturated heterocycles. The van der Waals surface area contributed by atoms with Gasteiger partial charge in [0.2, 0.25) is 5.91 Å². The van der Waals surface area contributed by atoms with Crippen LogP contribution < -0.4 is 20.5 Å². The predicted molar refractivity (Wildman–Crippen MR) is 94.3 cm³/mol. The number of thioether (sulfide) groups is 1. The number of amides is 1. The van der Waals surface area contributed by atoms with Gasteiger partial charge in [0.05, 0.1) is 19.5 Å². The summed E-state index contributed by atoms with van der Waals surface area (Å²) in [5.74, 6) is 1.15. The van der Waals surface area contributed by atoms with Crippen LogP contribution in [0.2, 0.25) is 0 Å². The predicted octanol–water partition coefficient (Wildman–Crippen LogP) is 3.41. The van der Waals surface area contributed by atoms with Gasteiger partial charge in [0.25, 0.3) is 0 Å². The van der Waals surface area contributed by atoms with Crippen LogP contribution in [0.15, 0.2) is 47.4 Å². The molecule has 2 aromatic carbocycles. The molecule has 1 atom stereocenters. The first kappa shape index (κ1) is 17.0. The van der Waals surface area contributed by atoms with Gasteiger partial charge in [-0.2, -0.15) is 0 Å². The van der Waals surface area contributed by atoms with Crippen LogP contribution >= 0.6 is 11.8 Å².